The molecule has 19 heavy (non-hydrogen) atoms. The maximum Gasteiger partial charge on any atom is 0.211 e. The third-order valence-corrected chi connectivity index (χ3v) is 2.67. The van der Waals surface area contributed by atoms with Crippen molar-refractivity contribution in [2.45, 2.75) is 6.54 Å². The summed E-state index contributed by atoms with van der Waals surface area (Å²) in [5.74, 6) is 2.35. The Labute approximate surface area is 111 Å². The molecule has 5 nitrogen and oxygen atoms in total. The van der Waals surface area contributed by atoms with Gasteiger partial charge >= 0.3 is 0 Å². The number of ether oxygens (including phenoxy) is 3. The molecule has 0 radical (unpaired) electrons. The van der Waals surface area contributed by atoms with E-state index in [1.54, 1.807) is 44.8 Å². The minimum absolute atomic E-state index is 0.348. The largest absolute Gasteiger partial charge is 0.493 e. The van der Waals surface area contributed by atoms with Crippen LogP contribution in [0.2, 0.25) is 0 Å². The third-order valence-electron chi connectivity index (χ3n) is 2.67. The van der Waals surface area contributed by atoms with Crippen molar-refractivity contribution in [3.63, 3.8) is 0 Å². The fourth-order valence-electron chi connectivity index (χ4n) is 1.69. The molecule has 1 aromatic carbocycles. The summed E-state index contributed by atoms with van der Waals surface area (Å²) in [7, 11) is 3.16. The molecule has 0 aliphatic heterocycles. The van der Waals surface area contributed by atoms with Crippen LogP contribution in [0.5, 0.6) is 23.0 Å². The van der Waals surface area contributed by atoms with Gasteiger partial charge in [-0.15, -0.1) is 0 Å². The van der Waals surface area contributed by atoms with Gasteiger partial charge in [-0.3, -0.25) is 4.98 Å². The molecule has 2 N–H and O–H groups in total. The quantitative estimate of drug-likeness (QED) is 0.893. The van der Waals surface area contributed by atoms with E-state index in [4.69, 9.17) is 19.9 Å². The van der Waals surface area contributed by atoms with Gasteiger partial charge in [0.1, 0.15) is 5.75 Å². The van der Waals surface area contributed by atoms with Gasteiger partial charge in [0.05, 0.1) is 14.2 Å². The molecule has 0 unspecified atom stereocenters. The molecule has 0 aliphatic carbocycles. The van der Waals surface area contributed by atoms with Gasteiger partial charge in [-0.1, -0.05) is 6.07 Å². The van der Waals surface area contributed by atoms with Gasteiger partial charge in [-0.25, -0.2) is 0 Å². The first-order valence-corrected chi connectivity index (χ1v) is 5.82. The molecule has 1 heterocycles. The van der Waals surface area contributed by atoms with E-state index in [1.807, 2.05) is 6.07 Å². The van der Waals surface area contributed by atoms with Crippen LogP contribution in [0.4, 0.5) is 0 Å². The Morgan fingerprint density at radius 1 is 1.05 bits per heavy atom. The molecule has 0 saturated heterocycles. The number of rotatable bonds is 5. The molecule has 0 atom stereocenters. The smallest absolute Gasteiger partial charge is 0.211 e. The van der Waals surface area contributed by atoms with Crippen molar-refractivity contribution in [2.75, 3.05) is 14.2 Å². The minimum atomic E-state index is 0.348. The fraction of sp³-hybridized carbons (Fsp3) is 0.214. The van der Waals surface area contributed by atoms with E-state index in [2.05, 4.69) is 4.98 Å². The summed E-state index contributed by atoms with van der Waals surface area (Å²) in [5.41, 5.74) is 6.48. The lowest BCUT2D eigenvalue weighted by Gasteiger charge is -2.15. The SMILES string of the molecule is COc1cccc(OC)c1Oc1ccncc1CN. The van der Waals surface area contributed by atoms with Gasteiger partial charge in [0, 0.05) is 24.5 Å². The van der Waals surface area contributed by atoms with Crippen molar-refractivity contribution in [3.05, 3.63) is 42.2 Å². The zero-order valence-corrected chi connectivity index (χ0v) is 10.9. The van der Waals surface area contributed by atoms with Crippen molar-refractivity contribution in [1.82, 2.24) is 4.98 Å². The van der Waals surface area contributed by atoms with Gasteiger partial charge in [-0.2, -0.15) is 0 Å². The van der Waals surface area contributed by atoms with E-state index in [1.165, 1.54) is 0 Å². The minimum Gasteiger partial charge on any atom is -0.493 e. The second kappa shape index (κ2) is 6.06. The topological polar surface area (TPSA) is 66.6 Å². The number of aromatic nitrogens is 1. The van der Waals surface area contributed by atoms with Gasteiger partial charge < -0.3 is 19.9 Å². The summed E-state index contributed by atoms with van der Waals surface area (Å²) >= 11 is 0. The summed E-state index contributed by atoms with van der Waals surface area (Å²) in [5, 5.41) is 0. The molecule has 0 saturated carbocycles. The first-order chi connectivity index (χ1) is 9.30. The van der Waals surface area contributed by atoms with Crippen molar-refractivity contribution in [1.29, 1.82) is 0 Å². The third kappa shape index (κ3) is 2.77. The summed E-state index contributed by atoms with van der Waals surface area (Å²) in [4.78, 5) is 4.02. The van der Waals surface area contributed by atoms with E-state index in [9.17, 15) is 0 Å². The zero-order chi connectivity index (χ0) is 13.7. The number of nitrogens with zero attached hydrogens (tertiary/aromatic N) is 1. The summed E-state index contributed by atoms with van der Waals surface area (Å²) in [6, 6.07) is 7.21. The Morgan fingerprint density at radius 3 is 2.32 bits per heavy atom. The zero-order valence-electron chi connectivity index (χ0n) is 10.9. The van der Waals surface area contributed by atoms with E-state index < -0.39 is 0 Å². The Balaban J connectivity index is 2.42. The van der Waals surface area contributed by atoms with Crippen LogP contribution in [-0.4, -0.2) is 19.2 Å². The molecule has 5 heteroatoms. The molecule has 2 aromatic rings. The lowest BCUT2D eigenvalue weighted by atomic mass is 10.2. The van der Waals surface area contributed by atoms with Crippen molar-refractivity contribution in [2.24, 2.45) is 5.73 Å². The maximum atomic E-state index is 5.87. The number of nitrogens with two attached hydrogens (primary N) is 1. The molecular weight excluding hydrogens is 244 g/mol. The number of hydrogen-bond acceptors (Lipinski definition) is 5. The lowest BCUT2D eigenvalue weighted by molar-refractivity contribution is 0.345. The van der Waals surface area contributed by atoms with Crippen LogP contribution in [0.1, 0.15) is 5.56 Å². The van der Waals surface area contributed by atoms with Crippen LogP contribution in [0.15, 0.2) is 36.7 Å². The standard InChI is InChI=1S/C14H16N2O3/c1-17-12-4-3-5-13(18-2)14(12)19-11-6-7-16-9-10(11)8-15/h3-7,9H,8,15H2,1-2H3. The molecule has 1 aromatic heterocycles. The number of methoxy groups -OCH3 is 2. The average molecular weight is 260 g/mol. The molecule has 0 spiro atoms. The maximum absolute atomic E-state index is 5.87. The fourth-order valence-corrected chi connectivity index (χ4v) is 1.69. The van der Waals surface area contributed by atoms with E-state index in [0.717, 1.165) is 5.56 Å². The van der Waals surface area contributed by atoms with Crippen molar-refractivity contribution in [3.8, 4) is 23.0 Å². The van der Waals surface area contributed by atoms with Crippen LogP contribution < -0.4 is 19.9 Å². The van der Waals surface area contributed by atoms with E-state index in [-0.39, 0.29) is 0 Å². The Hall–Kier alpha value is -2.27. The molecule has 0 fully saturated rings. The highest BCUT2D eigenvalue weighted by atomic mass is 16.5. The average Bonchev–Trinajstić information content (AvgIpc) is 2.48. The molecule has 0 bridgehead atoms. The van der Waals surface area contributed by atoms with Gasteiger partial charge in [0.2, 0.25) is 5.75 Å². The number of benzene rings is 1. The molecule has 100 valence electrons. The summed E-state index contributed by atoms with van der Waals surface area (Å²) in [6.07, 6.45) is 3.33. The molecule has 0 amide bonds. The second-order valence-electron chi connectivity index (χ2n) is 3.78. The van der Waals surface area contributed by atoms with Crippen LogP contribution in [0.3, 0.4) is 0 Å². The normalized spacial score (nSPS) is 10.1. The van der Waals surface area contributed by atoms with Gasteiger partial charge in [-0.05, 0) is 18.2 Å². The van der Waals surface area contributed by atoms with Crippen molar-refractivity contribution >= 4 is 0 Å². The number of para-hydroxylation sites is 1. The lowest BCUT2D eigenvalue weighted by Crippen LogP contribution is -2.01. The first kappa shape index (κ1) is 13.2. The van der Waals surface area contributed by atoms with Crippen molar-refractivity contribution < 1.29 is 14.2 Å². The molecule has 0 aliphatic rings. The van der Waals surface area contributed by atoms with Gasteiger partial charge in [0.15, 0.2) is 11.5 Å². The summed E-state index contributed by atoms with van der Waals surface area (Å²) < 4.78 is 16.4. The Bertz CT molecular complexity index is 536. The van der Waals surface area contributed by atoms with Crippen LogP contribution in [-0.2, 0) is 6.54 Å². The second-order valence-corrected chi connectivity index (χ2v) is 3.78. The number of pyridine rings is 1. The van der Waals surface area contributed by atoms with E-state index in [0.29, 0.717) is 29.5 Å². The monoisotopic (exact) mass is 260 g/mol. The van der Waals surface area contributed by atoms with Gasteiger partial charge in [0.25, 0.3) is 0 Å². The molecular formula is C14H16N2O3. The molecule has 2 rings (SSSR count). The van der Waals surface area contributed by atoms with E-state index >= 15 is 0 Å². The highest BCUT2D eigenvalue weighted by Gasteiger charge is 2.13. The van der Waals surface area contributed by atoms with Crippen LogP contribution >= 0.6 is 0 Å². The highest BCUT2D eigenvalue weighted by molar-refractivity contribution is 5.53. The predicted octanol–water partition coefficient (Wildman–Crippen LogP) is 2.35. The summed E-state index contributed by atoms with van der Waals surface area (Å²) in [6.45, 7) is 0.348. The first-order valence-electron chi connectivity index (χ1n) is 5.82. The predicted molar refractivity (Wildman–Crippen MR) is 71.7 cm³/mol. The Kier molecular flexibility index (Phi) is 4.20. The number of hydrogen-bond donors (Lipinski definition) is 1. The Morgan fingerprint density at radius 2 is 1.74 bits per heavy atom. The van der Waals surface area contributed by atoms with Crippen LogP contribution in [0, 0.1) is 0 Å². The van der Waals surface area contributed by atoms with Crippen LogP contribution in [0.25, 0.3) is 0 Å². The highest BCUT2D eigenvalue weighted by Crippen LogP contribution is 2.40.